The Kier molecular flexibility index (Phi) is 9.64. The molecule has 11 heteroatoms. The van der Waals surface area contributed by atoms with Crippen molar-refractivity contribution in [2.24, 2.45) is 11.5 Å². The third-order valence-electron chi connectivity index (χ3n) is 4.89. The number of aliphatic carboxylic acids is 1. The van der Waals surface area contributed by atoms with Crippen molar-refractivity contribution in [2.45, 2.75) is 37.8 Å². The van der Waals surface area contributed by atoms with Gasteiger partial charge in [0, 0.05) is 23.5 Å². The second-order valence-electron chi connectivity index (χ2n) is 7.40. The van der Waals surface area contributed by atoms with Crippen LogP contribution < -0.4 is 27.4 Å². The van der Waals surface area contributed by atoms with E-state index in [-0.39, 0.29) is 13.0 Å². The molecule has 0 saturated carbocycles. The first-order chi connectivity index (χ1) is 15.3. The molecule has 0 unspecified atom stereocenters. The Hall–Kier alpha value is -3.44. The van der Waals surface area contributed by atoms with Gasteiger partial charge in [-0.2, -0.15) is 0 Å². The minimum Gasteiger partial charge on any atom is -0.480 e. The van der Waals surface area contributed by atoms with Gasteiger partial charge in [0.1, 0.15) is 12.6 Å². The number of hydrogen-bond donors (Lipinski definition) is 7. The monoisotopic (exact) mass is 446 g/mol. The molecule has 0 bridgehead atoms. The average molecular weight is 447 g/mol. The van der Waals surface area contributed by atoms with E-state index in [1.165, 1.54) is 0 Å². The fourth-order valence-electron chi connectivity index (χ4n) is 3.20. The fraction of sp³-hybridized carbons (Fsp3) is 0.429. The van der Waals surface area contributed by atoms with Crippen molar-refractivity contribution in [1.29, 1.82) is 0 Å². The Morgan fingerprint density at radius 2 is 1.75 bits per heavy atom. The van der Waals surface area contributed by atoms with Crippen molar-refractivity contribution in [3.63, 3.8) is 0 Å². The smallest absolute Gasteiger partial charge is 0.322 e. The third kappa shape index (κ3) is 7.67. The van der Waals surface area contributed by atoms with E-state index in [4.69, 9.17) is 16.6 Å². The lowest BCUT2D eigenvalue weighted by molar-refractivity contribution is -0.138. The number of aromatic nitrogens is 1. The molecule has 0 fully saturated rings. The van der Waals surface area contributed by atoms with E-state index in [1.54, 1.807) is 6.20 Å². The van der Waals surface area contributed by atoms with Gasteiger partial charge in [-0.3, -0.25) is 19.2 Å². The van der Waals surface area contributed by atoms with Crippen LogP contribution in [0.2, 0.25) is 0 Å². The highest BCUT2D eigenvalue weighted by Crippen LogP contribution is 2.19. The van der Waals surface area contributed by atoms with E-state index in [9.17, 15) is 19.2 Å². The minimum atomic E-state index is -1.20. The maximum absolute atomic E-state index is 12.5. The molecule has 32 heavy (non-hydrogen) atoms. The lowest BCUT2D eigenvalue weighted by Gasteiger charge is -2.18. The average Bonchev–Trinajstić information content (AvgIpc) is 3.18. The third-order valence-corrected chi connectivity index (χ3v) is 4.89. The number of unbranched alkanes of at least 4 members (excludes halogenated alkanes) is 1. The summed E-state index contributed by atoms with van der Waals surface area (Å²) >= 11 is 0. The summed E-state index contributed by atoms with van der Waals surface area (Å²) in [5, 5.41) is 17.0. The normalized spacial score (nSPS) is 12.7. The van der Waals surface area contributed by atoms with Gasteiger partial charge in [-0.15, -0.1) is 0 Å². The molecule has 0 saturated heterocycles. The maximum Gasteiger partial charge on any atom is 0.322 e. The summed E-state index contributed by atoms with van der Waals surface area (Å²) in [5.41, 5.74) is 12.9. The van der Waals surface area contributed by atoms with Crippen molar-refractivity contribution >= 4 is 34.6 Å². The highest BCUT2D eigenvalue weighted by atomic mass is 16.4. The second kappa shape index (κ2) is 12.4. The highest BCUT2D eigenvalue weighted by molar-refractivity contribution is 5.93. The summed E-state index contributed by atoms with van der Waals surface area (Å²) in [6.45, 7) is -0.425. The zero-order chi connectivity index (χ0) is 23.5. The van der Waals surface area contributed by atoms with Crippen molar-refractivity contribution < 1.29 is 24.3 Å². The van der Waals surface area contributed by atoms with Crippen molar-refractivity contribution in [3.8, 4) is 0 Å². The number of benzene rings is 1. The van der Waals surface area contributed by atoms with Gasteiger partial charge in [0.25, 0.3) is 0 Å². The van der Waals surface area contributed by atoms with Crippen LogP contribution in [0.3, 0.4) is 0 Å². The van der Waals surface area contributed by atoms with Crippen LogP contribution in [0.1, 0.15) is 24.8 Å². The summed E-state index contributed by atoms with van der Waals surface area (Å²) in [7, 11) is 0. The van der Waals surface area contributed by atoms with Gasteiger partial charge >= 0.3 is 5.97 Å². The molecule has 2 rings (SSSR count). The predicted octanol–water partition coefficient (Wildman–Crippen LogP) is -1.03. The largest absolute Gasteiger partial charge is 0.480 e. The van der Waals surface area contributed by atoms with Crippen molar-refractivity contribution in [3.05, 3.63) is 36.0 Å². The van der Waals surface area contributed by atoms with Crippen LogP contribution in [-0.4, -0.2) is 65.5 Å². The molecule has 0 aliphatic rings. The molecule has 1 aromatic carbocycles. The zero-order valence-electron chi connectivity index (χ0n) is 17.7. The summed E-state index contributed by atoms with van der Waals surface area (Å²) in [5.74, 6) is -2.91. The van der Waals surface area contributed by atoms with E-state index in [0.717, 1.165) is 22.9 Å². The van der Waals surface area contributed by atoms with Gasteiger partial charge in [-0.25, -0.2) is 0 Å². The molecule has 0 radical (unpaired) electrons. The number of nitrogens with two attached hydrogens (primary N) is 2. The van der Waals surface area contributed by atoms with E-state index in [0.29, 0.717) is 19.4 Å². The number of H-pyrrole nitrogens is 1. The van der Waals surface area contributed by atoms with Gasteiger partial charge in [0.05, 0.1) is 12.6 Å². The Morgan fingerprint density at radius 3 is 2.47 bits per heavy atom. The number of fused-ring (bicyclic) bond motifs is 1. The number of hydrogen-bond acceptors (Lipinski definition) is 6. The number of carboxylic acid groups (broad SMARTS) is 1. The van der Waals surface area contributed by atoms with Crippen LogP contribution in [0.4, 0.5) is 0 Å². The molecule has 0 aliphatic carbocycles. The van der Waals surface area contributed by atoms with Gasteiger partial charge in [0.2, 0.25) is 17.7 Å². The summed E-state index contributed by atoms with van der Waals surface area (Å²) < 4.78 is 0. The predicted molar refractivity (Wildman–Crippen MR) is 118 cm³/mol. The molecule has 2 aromatic rings. The number of carbonyl (C=O) groups is 4. The SMILES string of the molecule is NCCCC[C@H](N)C(=O)NCC(=O)N[C@@H](Cc1c[nH]c2ccccc12)C(=O)NCC(=O)O. The quantitative estimate of drug-likeness (QED) is 0.191. The summed E-state index contributed by atoms with van der Waals surface area (Å²) in [4.78, 5) is 50.9. The Labute approximate surface area is 185 Å². The Bertz CT molecular complexity index is 944. The number of nitrogens with one attached hydrogen (secondary N) is 4. The number of rotatable bonds is 13. The molecular weight excluding hydrogens is 416 g/mol. The molecular formula is C21H30N6O5. The highest BCUT2D eigenvalue weighted by Gasteiger charge is 2.23. The molecule has 3 amide bonds. The molecule has 1 heterocycles. The number of carboxylic acids is 1. The van der Waals surface area contributed by atoms with Crippen molar-refractivity contribution in [1.82, 2.24) is 20.9 Å². The number of aromatic amines is 1. The summed E-state index contributed by atoms with van der Waals surface area (Å²) in [6, 6.07) is 5.69. The molecule has 11 nitrogen and oxygen atoms in total. The van der Waals surface area contributed by atoms with E-state index in [2.05, 4.69) is 20.9 Å². The molecule has 0 aliphatic heterocycles. The van der Waals surface area contributed by atoms with Crippen LogP contribution in [0.15, 0.2) is 30.5 Å². The Morgan fingerprint density at radius 1 is 1.03 bits per heavy atom. The molecule has 1 aromatic heterocycles. The number of amides is 3. The second-order valence-corrected chi connectivity index (χ2v) is 7.40. The molecule has 9 N–H and O–H groups in total. The topological polar surface area (TPSA) is 192 Å². The number of para-hydroxylation sites is 1. The Balaban J connectivity index is 1.99. The van der Waals surface area contributed by atoms with Crippen LogP contribution in [-0.2, 0) is 25.6 Å². The molecule has 174 valence electrons. The van der Waals surface area contributed by atoms with Crippen LogP contribution in [0.25, 0.3) is 10.9 Å². The van der Waals surface area contributed by atoms with Gasteiger partial charge in [-0.1, -0.05) is 24.6 Å². The maximum atomic E-state index is 12.5. The van der Waals surface area contributed by atoms with E-state index >= 15 is 0 Å². The molecule has 2 atom stereocenters. The van der Waals surface area contributed by atoms with E-state index < -0.39 is 42.3 Å². The summed E-state index contributed by atoms with van der Waals surface area (Å²) in [6.07, 6.45) is 3.77. The van der Waals surface area contributed by atoms with Crippen molar-refractivity contribution in [2.75, 3.05) is 19.6 Å². The fourth-order valence-corrected chi connectivity index (χ4v) is 3.20. The minimum absolute atomic E-state index is 0.133. The lowest BCUT2D eigenvalue weighted by Crippen LogP contribution is -2.52. The number of carbonyl (C=O) groups excluding carboxylic acids is 3. The van der Waals surface area contributed by atoms with Gasteiger partial charge in [-0.05, 0) is 31.0 Å². The van der Waals surface area contributed by atoms with Gasteiger partial charge < -0.3 is 37.5 Å². The lowest BCUT2D eigenvalue weighted by atomic mass is 10.0. The first-order valence-electron chi connectivity index (χ1n) is 10.4. The van der Waals surface area contributed by atoms with Gasteiger partial charge in [0.15, 0.2) is 0 Å². The molecule has 0 spiro atoms. The van der Waals surface area contributed by atoms with Crippen LogP contribution in [0.5, 0.6) is 0 Å². The zero-order valence-corrected chi connectivity index (χ0v) is 17.7. The van der Waals surface area contributed by atoms with Crippen LogP contribution in [0, 0.1) is 0 Å². The standard InChI is InChI=1S/C21H30N6O5/c22-8-4-3-6-15(23)20(31)25-11-18(28)27-17(21(32)26-12-19(29)30)9-13-10-24-16-7-2-1-5-14(13)16/h1-2,5,7,10,15,17,24H,3-4,6,8-9,11-12,22-23H2,(H,25,31)(H,26,32)(H,27,28)(H,29,30)/t15-,17-/m0/s1. The van der Waals surface area contributed by atoms with Crippen LogP contribution >= 0.6 is 0 Å². The first kappa shape index (κ1) is 24.8. The first-order valence-corrected chi connectivity index (χ1v) is 10.4. The van der Waals surface area contributed by atoms with E-state index in [1.807, 2.05) is 24.3 Å².